The van der Waals surface area contributed by atoms with Gasteiger partial charge in [0.15, 0.2) is 23.0 Å². The van der Waals surface area contributed by atoms with Gasteiger partial charge in [0, 0.05) is 18.5 Å². The van der Waals surface area contributed by atoms with Crippen molar-refractivity contribution in [3.05, 3.63) is 45.4 Å². The zero-order valence-corrected chi connectivity index (χ0v) is 15.2. The molecule has 2 aliphatic heterocycles. The number of carbonyl (C=O) groups excluding carboxylic acids is 1. The van der Waals surface area contributed by atoms with Crippen LogP contribution in [0.3, 0.4) is 0 Å². The highest BCUT2D eigenvalue weighted by atomic mass is 35.5. The first-order valence-corrected chi connectivity index (χ1v) is 8.83. The number of hydrogen-bond acceptors (Lipinski definition) is 5. The fourth-order valence-corrected chi connectivity index (χ4v) is 3.32. The number of benzene rings is 2. The molecular weight excluding hydrogens is 381 g/mol. The smallest absolute Gasteiger partial charge is 0.251 e. The molecular formula is C18H15Cl2NO5. The van der Waals surface area contributed by atoms with Gasteiger partial charge < -0.3 is 24.3 Å². The van der Waals surface area contributed by atoms with E-state index in [0.717, 1.165) is 12.0 Å². The lowest BCUT2D eigenvalue weighted by Crippen LogP contribution is -2.22. The molecule has 0 unspecified atom stereocenters. The van der Waals surface area contributed by atoms with E-state index in [4.69, 9.17) is 42.1 Å². The molecule has 0 saturated heterocycles. The van der Waals surface area contributed by atoms with Crippen LogP contribution in [0.1, 0.15) is 22.3 Å². The Morgan fingerprint density at radius 3 is 2.54 bits per heavy atom. The third kappa shape index (κ3) is 3.34. The van der Waals surface area contributed by atoms with Gasteiger partial charge in [-0.1, -0.05) is 23.2 Å². The number of nitrogens with one attached hydrogen (secondary N) is 1. The molecule has 4 rings (SSSR count). The summed E-state index contributed by atoms with van der Waals surface area (Å²) in [4.78, 5) is 12.4. The maximum atomic E-state index is 12.4. The molecule has 26 heavy (non-hydrogen) atoms. The highest BCUT2D eigenvalue weighted by molar-refractivity contribution is 6.33. The Kier molecular flexibility index (Phi) is 4.70. The second-order valence-electron chi connectivity index (χ2n) is 5.83. The molecule has 6 nitrogen and oxygen atoms in total. The molecule has 8 heteroatoms. The number of halogens is 2. The fraction of sp³-hybridized carbons (Fsp3) is 0.278. The monoisotopic (exact) mass is 395 g/mol. The molecule has 0 radical (unpaired) electrons. The third-order valence-electron chi connectivity index (χ3n) is 4.00. The van der Waals surface area contributed by atoms with Crippen molar-refractivity contribution >= 4 is 29.1 Å². The topological polar surface area (TPSA) is 66.0 Å². The van der Waals surface area contributed by atoms with Gasteiger partial charge in [0.25, 0.3) is 5.91 Å². The summed E-state index contributed by atoms with van der Waals surface area (Å²) in [6.45, 7) is 1.50. The predicted molar refractivity (Wildman–Crippen MR) is 95.8 cm³/mol. The first kappa shape index (κ1) is 17.1. The van der Waals surface area contributed by atoms with E-state index in [1.165, 1.54) is 0 Å². The molecule has 2 aromatic rings. The predicted octanol–water partition coefficient (Wildman–Crippen LogP) is 3.81. The van der Waals surface area contributed by atoms with Gasteiger partial charge in [0.2, 0.25) is 6.79 Å². The van der Waals surface area contributed by atoms with Gasteiger partial charge in [0.1, 0.15) is 0 Å². The van der Waals surface area contributed by atoms with Gasteiger partial charge in [-0.25, -0.2) is 0 Å². The number of carbonyl (C=O) groups is 1. The van der Waals surface area contributed by atoms with Gasteiger partial charge in [-0.15, -0.1) is 0 Å². The minimum atomic E-state index is -0.284. The molecule has 0 saturated carbocycles. The maximum absolute atomic E-state index is 12.4. The van der Waals surface area contributed by atoms with Gasteiger partial charge in [-0.3, -0.25) is 4.79 Å². The molecule has 136 valence electrons. The van der Waals surface area contributed by atoms with E-state index in [2.05, 4.69) is 5.32 Å². The average molecular weight is 396 g/mol. The Bertz CT molecular complexity index is 871. The van der Waals surface area contributed by atoms with E-state index in [9.17, 15) is 4.79 Å². The van der Waals surface area contributed by atoms with Crippen LogP contribution in [0.2, 0.25) is 10.0 Å². The Balaban J connectivity index is 1.49. The first-order valence-electron chi connectivity index (χ1n) is 8.07. The van der Waals surface area contributed by atoms with Crippen LogP contribution in [0.15, 0.2) is 24.3 Å². The third-order valence-corrected chi connectivity index (χ3v) is 4.57. The van der Waals surface area contributed by atoms with E-state index in [0.29, 0.717) is 51.8 Å². The Morgan fingerprint density at radius 1 is 0.923 bits per heavy atom. The second-order valence-corrected chi connectivity index (χ2v) is 6.64. The maximum Gasteiger partial charge on any atom is 0.251 e. The standard InChI is InChI=1S/C18H15Cl2NO5/c19-12-4-10(5-14-16(12)24-3-1-2-23-14)8-21-18(22)11-6-13(20)17-15(7-11)25-9-26-17/h4-7H,1-3,8-9H2,(H,21,22). The zero-order chi connectivity index (χ0) is 18.1. The van der Waals surface area contributed by atoms with Crippen molar-refractivity contribution < 1.29 is 23.7 Å². The van der Waals surface area contributed by atoms with Crippen molar-refractivity contribution in [1.82, 2.24) is 5.32 Å². The lowest BCUT2D eigenvalue weighted by atomic mass is 10.1. The molecule has 2 aromatic carbocycles. The van der Waals surface area contributed by atoms with Crippen molar-refractivity contribution in [2.75, 3.05) is 20.0 Å². The molecule has 2 aliphatic rings. The second kappa shape index (κ2) is 7.13. The van der Waals surface area contributed by atoms with E-state index < -0.39 is 0 Å². The first-order chi connectivity index (χ1) is 12.6. The molecule has 1 amide bonds. The van der Waals surface area contributed by atoms with Crippen molar-refractivity contribution in [2.45, 2.75) is 13.0 Å². The van der Waals surface area contributed by atoms with Crippen LogP contribution < -0.4 is 24.3 Å². The fourth-order valence-electron chi connectivity index (χ4n) is 2.77. The molecule has 2 heterocycles. The van der Waals surface area contributed by atoms with Gasteiger partial charge in [-0.05, 0) is 29.8 Å². The summed E-state index contributed by atoms with van der Waals surface area (Å²) in [5.74, 6) is 1.76. The summed E-state index contributed by atoms with van der Waals surface area (Å²) < 4.78 is 21.8. The summed E-state index contributed by atoms with van der Waals surface area (Å²) >= 11 is 12.4. The molecule has 0 spiro atoms. The highest BCUT2D eigenvalue weighted by Crippen LogP contribution is 2.40. The Hall–Kier alpha value is -2.31. The van der Waals surface area contributed by atoms with Gasteiger partial charge >= 0.3 is 0 Å². The SMILES string of the molecule is O=C(NCc1cc(Cl)c2c(c1)OCCCO2)c1cc(Cl)c2c(c1)OCO2. The van der Waals surface area contributed by atoms with Crippen LogP contribution in [0.5, 0.6) is 23.0 Å². The van der Waals surface area contributed by atoms with E-state index in [1.54, 1.807) is 18.2 Å². The lowest BCUT2D eigenvalue weighted by Gasteiger charge is -2.12. The van der Waals surface area contributed by atoms with Crippen LogP contribution in [-0.4, -0.2) is 25.9 Å². The molecule has 0 bridgehead atoms. The van der Waals surface area contributed by atoms with Crippen molar-refractivity contribution in [2.24, 2.45) is 0 Å². The largest absolute Gasteiger partial charge is 0.489 e. The molecule has 0 aliphatic carbocycles. The van der Waals surface area contributed by atoms with E-state index in [1.807, 2.05) is 6.07 Å². The number of rotatable bonds is 3. The molecule has 0 atom stereocenters. The molecule has 0 aromatic heterocycles. The van der Waals surface area contributed by atoms with Crippen molar-refractivity contribution in [1.29, 1.82) is 0 Å². The number of ether oxygens (including phenoxy) is 4. The molecule has 1 N–H and O–H groups in total. The summed E-state index contributed by atoms with van der Waals surface area (Å²) in [7, 11) is 0. The zero-order valence-electron chi connectivity index (χ0n) is 13.6. The molecule has 0 fully saturated rings. The lowest BCUT2D eigenvalue weighted by molar-refractivity contribution is 0.0950. The summed E-state index contributed by atoms with van der Waals surface area (Å²) in [6.07, 6.45) is 0.794. The Morgan fingerprint density at radius 2 is 1.65 bits per heavy atom. The van der Waals surface area contributed by atoms with Crippen LogP contribution >= 0.6 is 23.2 Å². The number of hydrogen-bond donors (Lipinski definition) is 1. The van der Waals surface area contributed by atoms with Crippen molar-refractivity contribution in [3.63, 3.8) is 0 Å². The van der Waals surface area contributed by atoms with Gasteiger partial charge in [0.05, 0.1) is 23.3 Å². The quantitative estimate of drug-likeness (QED) is 0.855. The van der Waals surface area contributed by atoms with Crippen molar-refractivity contribution in [3.8, 4) is 23.0 Å². The Labute approximate surface area is 159 Å². The van der Waals surface area contributed by atoms with E-state index >= 15 is 0 Å². The number of fused-ring (bicyclic) bond motifs is 2. The van der Waals surface area contributed by atoms with E-state index in [-0.39, 0.29) is 19.2 Å². The highest BCUT2D eigenvalue weighted by Gasteiger charge is 2.21. The summed E-state index contributed by atoms with van der Waals surface area (Å²) in [6, 6.07) is 6.72. The van der Waals surface area contributed by atoms with Crippen LogP contribution in [0.25, 0.3) is 0 Å². The van der Waals surface area contributed by atoms with Crippen LogP contribution in [0.4, 0.5) is 0 Å². The number of amides is 1. The van der Waals surface area contributed by atoms with Gasteiger partial charge in [-0.2, -0.15) is 0 Å². The summed E-state index contributed by atoms with van der Waals surface area (Å²) in [5, 5.41) is 3.63. The van der Waals surface area contributed by atoms with Crippen LogP contribution in [-0.2, 0) is 6.54 Å². The van der Waals surface area contributed by atoms with Crippen LogP contribution in [0, 0.1) is 0 Å². The average Bonchev–Trinajstić information content (AvgIpc) is 2.97. The minimum Gasteiger partial charge on any atom is -0.489 e. The summed E-state index contributed by atoms with van der Waals surface area (Å²) in [5.41, 5.74) is 1.19. The normalized spacial score (nSPS) is 14.7. The minimum absolute atomic E-state index is 0.0931.